The summed E-state index contributed by atoms with van der Waals surface area (Å²) in [5.74, 6) is 0. The minimum Gasteiger partial charge on any atom is -0.456 e. The standard InChI is InChI=1S/C23H23N2OSi/c1-15-7-9-19-18-10-8-16(24-2)13-21(18)26-23(19)22(15)20-14-17(27(4,5)6)11-12-25(20)3/h7-14H,1,3-6H3/q+1. The van der Waals surface area contributed by atoms with Crippen LogP contribution >= 0.6 is 0 Å². The SMILES string of the molecule is [C-]#[N+]c1ccc2c(c1)oc1c(-c3cc([Si](C)(C)C)cc[n+]3C)c(C)ccc12. The molecule has 0 fully saturated rings. The van der Waals surface area contributed by atoms with Crippen molar-refractivity contribution in [1.82, 2.24) is 0 Å². The number of aromatic nitrogens is 1. The first-order valence-corrected chi connectivity index (χ1v) is 12.6. The molecule has 134 valence electrons. The molecule has 0 radical (unpaired) electrons. The van der Waals surface area contributed by atoms with Crippen LogP contribution in [0.1, 0.15) is 5.56 Å². The number of nitrogens with zero attached hydrogens (tertiary/aromatic N) is 2. The Morgan fingerprint density at radius 1 is 1.00 bits per heavy atom. The lowest BCUT2D eigenvalue weighted by Gasteiger charge is -2.16. The van der Waals surface area contributed by atoms with Gasteiger partial charge in [0.15, 0.2) is 11.9 Å². The molecule has 0 aliphatic carbocycles. The lowest BCUT2D eigenvalue weighted by molar-refractivity contribution is -0.660. The second kappa shape index (κ2) is 6.07. The number of hydrogen-bond acceptors (Lipinski definition) is 1. The van der Waals surface area contributed by atoms with Crippen LogP contribution in [-0.4, -0.2) is 8.07 Å². The molecule has 0 spiro atoms. The van der Waals surface area contributed by atoms with Gasteiger partial charge in [-0.15, -0.1) is 0 Å². The van der Waals surface area contributed by atoms with Crippen LogP contribution in [0.3, 0.4) is 0 Å². The summed E-state index contributed by atoms with van der Waals surface area (Å²) in [6, 6.07) is 14.5. The Kier molecular flexibility index (Phi) is 3.94. The fourth-order valence-corrected chi connectivity index (χ4v) is 4.74. The average Bonchev–Trinajstić information content (AvgIpc) is 2.99. The summed E-state index contributed by atoms with van der Waals surface area (Å²) in [4.78, 5) is 3.53. The van der Waals surface area contributed by atoms with E-state index in [1.165, 1.54) is 16.4 Å². The minimum atomic E-state index is -1.43. The molecule has 4 heteroatoms. The second-order valence-corrected chi connectivity index (χ2v) is 13.3. The average molecular weight is 372 g/mol. The van der Waals surface area contributed by atoms with E-state index in [0.717, 1.165) is 27.5 Å². The Balaban J connectivity index is 2.08. The lowest BCUT2D eigenvalue weighted by atomic mass is 10.0. The van der Waals surface area contributed by atoms with E-state index in [2.05, 4.69) is 73.5 Å². The largest absolute Gasteiger partial charge is 0.456 e. The van der Waals surface area contributed by atoms with E-state index in [1.54, 1.807) is 0 Å². The van der Waals surface area contributed by atoms with Crippen LogP contribution < -0.4 is 9.75 Å². The Morgan fingerprint density at radius 3 is 2.44 bits per heavy atom. The van der Waals surface area contributed by atoms with Crippen LogP contribution in [0.15, 0.2) is 53.1 Å². The van der Waals surface area contributed by atoms with Gasteiger partial charge in [0, 0.05) is 22.9 Å². The molecule has 0 saturated carbocycles. The molecule has 2 aromatic heterocycles. The summed E-state index contributed by atoms with van der Waals surface area (Å²) in [5.41, 5.74) is 5.77. The highest BCUT2D eigenvalue weighted by Crippen LogP contribution is 2.37. The molecule has 0 bridgehead atoms. The van der Waals surface area contributed by atoms with Crippen LogP contribution in [-0.2, 0) is 7.05 Å². The van der Waals surface area contributed by atoms with Gasteiger partial charge in [-0.1, -0.05) is 43.9 Å². The minimum absolute atomic E-state index is 0.603. The van der Waals surface area contributed by atoms with E-state index in [-0.39, 0.29) is 0 Å². The van der Waals surface area contributed by atoms with Crippen molar-refractivity contribution < 1.29 is 8.98 Å². The Bertz CT molecular complexity index is 1240. The summed E-state index contributed by atoms with van der Waals surface area (Å²) in [6.45, 7) is 16.5. The molecular weight excluding hydrogens is 348 g/mol. The zero-order valence-corrected chi connectivity index (χ0v) is 17.4. The van der Waals surface area contributed by atoms with Gasteiger partial charge in [0.1, 0.15) is 18.2 Å². The number of furan rings is 1. The van der Waals surface area contributed by atoms with Gasteiger partial charge in [0.05, 0.1) is 20.2 Å². The van der Waals surface area contributed by atoms with E-state index in [4.69, 9.17) is 11.0 Å². The van der Waals surface area contributed by atoms with E-state index >= 15 is 0 Å². The van der Waals surface area contributed by atoms with Crippen molar-refractivity contribution in [2.75, 3.05) is 0 Å². The van der Waals surface area contributed by atoms with Gasteiger partial charge < -0.3 is 4.42 Å². The molecule has 0 amide bonds. The molecule has 0 saturated heterocycles. The molecule has 0 aliphatic rings. The van der Waals surface area contributed by atoms with Gasteiger partial charge in [-0.25, -0.2) is 9.41 Å². The molecule has 2 heterocycles. The third-order valence-corrected chi connectivity index (χ3v) is 7.28. The van der Waals surface area contributed by atoms with Crippen LogP contribution in [0.25, 0.3) is 38.0 Å². The number of pyridine rings is 1. The maximum absolute atomic E-state index is 7.26. The number of rotatable bonds is 2. The summed E-state index contributed by atoms with van der Waals surface area (Å²) >= 11 is 0. The Morgan fingerprint density at radius 2 is 1.74 bits per heavy atom. The number of benzene rings is 2. The molecule has 0 N–H and O–H groups in total. The summed E-state index contributed by atoms with van der Waals surface area (Å²) in [7, 11) is 0.658. The van der Waals surface area contributed by atoms with E-state index in [9.17, 15) is 0 Å². The van der Waals surface area contributed by atoms with Crippen molar-refractivity contribution in [3.05, 3.63) is 65.6 Å². The summed E-state index contributed by atoms with van der Waals surface area (Å²) in [6.07, 6.45) is 2.15. The summed E-state index contributed by atoms with van der Waals surface area (Å²) in [5, 5.41) is 3.58. The van der Waals surface area contributed by atoms with Gasteiger partial charge in [0.2, 0.25) is 5.69 Å². The van der Waals surface area contributed by atoms with Gasteiger partial charge in [0.25, 0.3) is 0 Å². The van der Waals surface area contributed by atoms with Crippen molar-refractivity contribution in [2.45, 2.75) is 26.6 Å². The second-order valence-electron chi connectivity index (χ2n) is 8.19. The van der Waals surface area contributed by atoms with Crippen LogP contribution in [0, 0.1) is 13.5 Å². The van der Waals surface area contributed by atoms with Gasteiger partial charge in [-0.2, -0.15) is 0 Å². The Labute approximate surface area is 160 Å². The number of aryl methyl sites for hydroxylation is 2. The fraction of sp³-hybridized carbons (Fsp3) is 0.217. The predicted octanol–water partition coefficient (Wildman–Crippen LogP) is 5.48. The molecule has 2 aromatic carbocycles. The van der Waals surface area contributed by atoms with Gasteiger partial charge >= 0.3 is 0 Å². The van der Waals surface area contributed by atoms with Crippen LogP contribution in [0.2, 0.25) is 19.6 Å². The van der Waals surface area contributed by atoms with Crippen molar-refractivity contribution >= 4 is 40.9 Å². The van der Waals surface area contributed by atoms with Crippen molar-refractivity contribution in [3.63, 3.8) is 0 Å². The quantitative estimate of drug-likeness (QED) is 0.260. The van der Waals surface area contributed by atoms with Crippen molar-refractivity contribution in [3.8, 4) is 11.3 Å². The zero-order chi connectivity index (χ0) is 19.3. The molecule has 0 unspecified atom stereocenters. The highest BCUT2D eigenvalue weighted by molar-refractivity contribution is 6.88. The van der Waals surface area contributed by atoms with E-state index in [1.807, 2.05) is 18.2 Å². The van der Waals surface area contributed by atoms with E-state index < -0.39 is 8.07 Å². The highest BCUT2D eigenvalue weighted by atomic mass is 28.3. The lowest BCUT2D eigenvalue weighted by Crippen LogP contribution is -2.42. The zero-order valence-electron chi connectivity index (χ0n) is 16.4. The number of hydrogen-bond donors (Lipinski definition) is 0. The highest BCUT2D eigenvalue weighted by Gasteiger charge is 2.24. The van der Waals surface area contributed by atoms with Crippen LogP contribution in [0.4, 0.5) is 5.69 Å². The normalized spacial score (nSPS) is 11.9. The van der Waals surface area contributed by atoms with Crippen molar-refractivity contribution in [2.24, 2.45) is 7.05 Å². The van der Waals surface area contributed by atoms with Gasteiger partial charge in [-0.3, -0.25) is 0 Å². The predicted molar refractivity (Wildman–Crippen MR) is 114 cm³/mol. The molecular formula is C23H23N2OSi+. The van der Waals surface area contributed by atoms with E-state index in [0.29, 0.717) is 5.69 Å². The molecule has 4 aromatic rings. The molecule has 4 rings (SSSR count). The first kappa shape index (κ1) is 17.5. The molecule has 3 nitrogen and oxygen atoms in total. The fourth-order valence-electron chi connectivity index (χ4n) is 3.60. The third-order valence-electron chi connectivity index (χ3n) is 5.23. The molecule has 0 atom stereocenters. The number of fused-ring (bicyclic) bond motifs is 3. The topological polar surface area (TPSA) is 21.4 Å². The van der Waals surface area contributed by atoms with Crippen LogP contribution in [0.5, 0.6) is 0 Å². The van der Waals surface area contributed by atoms with Gasteiger partial charge in [-0.05, 0) is 23.7 Å². The van der Waals surface area contributed by atoms with Crippen molar-refractivity contribution in [1.29, 1.82) is 0 Å². The smallest absolute Gasteiger partial charge is 0.216 e. The Hall–Kier alpha value is -2.90. The summed E-state index contributed by atoms with van der Waals surface area (Å²) < 4.78 is 8.47. The first-order valence-electron chi connectivity index (χ1n) is 9.13. The molecule has 0 aliphatic heterocycles. The molecule has 27 heavy (non-hydrogen) atoms. The first-order chi connectivity index (χ1) is 12.8. The monoisotopic (exact) mass is 371 g/mol. The maximum atomic E-state index is 7.26. The maximum Gasteiger partial charge on any atom is 0.216 e. The third kappa shape index (κ3) is 2.85.